The van der Waals surface area contributed by atoms with Gasteiger partial charge in [-0.25, -0.2) is 27.4 Å². The van der Waals surface area contributed by atoms with Gasteiger partial charge in [-0.3, -0.25) is 4.79 Å². The molecule has 0 unspecified atom stereocenters. The molecule has 0 saturated heterocycles. The van der Waals surface area contributed by atoms with Crippen LogP contribution in [0.4, 0.5) is 8.78 Å². The number of aromatic nitrogens is 2. The van der Waals surface area contributed by atoms with E-state index in [4.69, 9.17) is 5.14 Å². The fraction of sp³-hybridized carbons (Fsp3) is 0. The van der Waals surface area contributed by atoms with Crippen molar-refractivity contribution in [2.24, 2.45) is 5.14 Å². The van der Waals surface area contributed by atoms with Crippen LogP contribution < -0.4 is 10.0 Å². The van der Waals surface area contributed by atoms with E-state index in [1.54, 1.807) is 0 Å². The number of halogens is 2. The van der Waals surface area contributed by atoms with E-state index < -0.39 is 31.4 Å². The van der Waals surface area contributed by atoms with Crippen molar-refractivity contribution >= 4 is 21.4 Å². The van der Waals surface area contributed by atoms with E-state index in [2.05, 4.69) is 5.10 Å². The quantitative estimate of drug-likeness (QED) is 0.837. The summed E-state index contributed by atoms with van der Waals surface area (Å²) in [5.74, 6) is -2.96. The first-order valence-electron chi connectivity index (χ1n) is 4.37. The van der Waals surface area contributed by atoms with Gasteiger partial charge in [0, 0.05) is 5.56 Å². The van der Waals surface area contributed by atoms with E-state index in [0.29, 0.717) is 11.3 Å². The van der Waals surface area contributed by atoms with Gasteiger partial charge in [-0.15, -0.1) is 0 Å². The SMILES string of the molecule is NS(=O)(=O)c1c(-c2n[nH]c(=O)s2)ccc(F)c1F. The average molecular weight is 293 g/mol. The Kier molecular flexibility index (Phi) is 3.00. The maximum Gasteiger partial charge on any atom is 0.322 e. The molecule has 2 aromatic rings. The van der Waals surface area contributed by atoms with Gasteiger partial charge in [0.25, 0.3) is 0 Å². The van der Waals surface area contributed by atoms with Crippen LogP contribution in [0.25, 0.3) is 10.6 Å². The van der Waals surface area contributed by atoms with E-state index in [0.717, 1.165) is 12.1 Å². The summed E-state index contributed by atoms with van der Waals surface area (Å²) in [5, 5.41) is 10.3. The molecule has 18 heavy (non-hydrogen) atoms. The van der Waals surface area contributed by atoms with Crippen molar-refractivity contribution in [3.63, 3.8) is 0 Å². The van der Waals surface area contributed by atoms with E-state index in [-0.39, 0.29) is 10.6 Å². The van der Waals surface area contributed by atoms with Crippen molar-refractivity contribution < 1.29 is 17.2 Å². The van der Waals surface area contributed by atoms with Crippen molar-refractivity contribution in [2.75, 3.05) is 0 Å². The number of nitrogens with one attached hydrogen (secondary N) is 1. The van der Waals surface area contributed by atoms with Gasteiger partial charge >= 0.3 is 4.87 Å². The molecule has 0 radical (unpaired) electrons. The highest BCUT2D eigenvalue weighted by molar-refractivity contribution is 7.89. The monoisotopic (exact) mass is 293 g/mol. The van der Waals surface area contributed by atoms with E-state index >= 15 is 0 Å². The lowest BCUT2D eigenvalue weighted by Crippen LogP contribution is -2.16. The van der Waals surface area contributed by atoms with Crippen LogP contribution in [-0.4, -0.2) is 18.6 Å². The van der Waals surface area contributed by atoms with Crippen molar-refractivity contribution in [1.29, 1.82) is 0 Å². The molecule has 0 atom stereocenters. The zero-order chi connectivity index (χ0) is 13.5. The molecule has 0 spiro atoms. The van der Waals surface area contributed by atoms with Gasteiger partial charge in [0.05, 0.1) is 0 Å². The Morgan fingerprint density at radius 2 is 2.00 bits per heavy atom. The molecule has 1 aromatic heterocycles. The number of nitrogens with zero attached hydrogens (tertiary/aromatic N) is 1. The number of nitrogens with two attached hydrogens (primary N) is 1. The van der Waals surface area contributed by atoms with Crippen molar-refractivity contribution in [2.45, 2.75) is 4.90 Å². The summed E-state index contributed by atoms with van der Waals surface area (Å²) in [6.45, 7) is 0. The van der Waals surface area contributed by atoms with Crippen molar-refractivity contribution in [1.82, 2.24) is 10.2 Å². The third-order valence-corrected chi connectivity index (χ3v) is 3.75. The van der Waals surface area contributed by atoms with E-state index in [1.165, 1.54) is 0 Å². The normalized spacial score (nSPS) is 11.7. The predicted octanol–water partition coefficient (Wildman–Crippen LogP) is 0.424. The second-order valence-corrected chi connectivity index (χ2v) is 5.66. The molecule has 10 heteroatoms. The number of benzene rings is 1. The standard InChI is InChI=1S/C8H5F2N3O3S2/c9-4-2-1-3(7-12-13-8(14)17-7)6(5(4)10)18(11,15)16/h1-2H,(H,13,14)(H2,11,15,16). The molecule has 0 bridgehead atoms. The van der Waals surface area contributed by atoms with Gasteiger partial charge in [0.1, 0.15) is 9.90 Å². The zero-order valence-corrected chi connectivity index (χ0v) is 10.1. The molecule has 2 rings (SSSR count). The summed E-state index contributed by atoms with van der Waals surface area (Å²) in [7, 11) is -4.49. The van der Waals surface area contributed by atoms with Crippen LogP contribution in [0.15, 0.2) is 21.8 Å². The summed E-state index contributed by atoms with van der Waals surface area (Å²) in [5.41, 5.74) is -0.264. The average Bonchev–Trinajstić information content (AvgIpc) is 2.66. The molecule has 0 aliphatic heterocycles. The highest BCUT2D eigenvalue weighted by Crippen LogP contribution is 2.29. The summed E-state index contributed by atoms with van der Waals surface area (Å²) in [6.07, 6.45) is 0. The van der Waals surface area contributed by atoms with Crippen LogP contribution in [0.3, 0.4) is 0 Å². The molecule has 0 aliphatic carbocycles. The summed E-state index contributed by atoms with van der Waals surface area (Å²) >= 11 is 0.554. The summed E-state index contributed by atoms with van der Waals surface area (Å²) in [6, 6.07) is 1.72. The van der Waals surface area contributed by atoms with Gasteiger partial charge in [-0.1, -0.05) is 11.3 Å². The third kappa shape index (κ3) is 2.17. The highest BCUT2D eigenvalue weighted by atomic mass is 32.2. The smallest absolute Gasteiger partial charge is 0.255 e. The number of aromatic amines is 1. The van der Waals surface area contributed by atoms with Crippen LogP contribution in [0.1, 0.15) is 0 Å². The molecule has 0 fully saturated rings. The van der Waals surface area contributed by atoms with Gasteiger partial charge in [-0.2, -0.15) is 5.10 Å². The van der Waals surface area contributed by atoms with Crippen LogP contribution in [-0.2, 0) is 10.0 Å². The number of hydrogen-bond acceptors (Lipinski definition) is 5. The Bertz CT molecular complexity index is 766. The summed E-state index contributed by atoms with van der Waals surface area (Å²) in [4.78, 5) is 9.35. The number of rotatable bonds is 2. The second-order valence-electron chi connectivity index (χ2n) is 3.20. The number of primary sulfonamides is 1. The minimum atomic E-state index is -4.49. The van der Waals surface area contributed by atoms with Gasteiger partial charge in [0.15, 0.2) is 11.6 Å². The Hall–Kier alpha value is -1.65. The van der Waals surface area contributed by atoms with Gasteiger partial charge < -0.3 is 0 Å². The lowest BCUT2D eigenvalue weighted by Gasteiger charge is -2.06. The van der Waals surface area contributed by atoms with Crippen molar-refractivity contribution in [3.05, 3.63) is 33.4 Å². The minimum Gasteiger partial charge on any atom is -0.255 e. The molecule has 0 aliphatic rings. The molecule has 0 amide bonds. The molecule has 1 heterocycles. The topological polar surface area (TPSA) is 106 Å². The lowest BCUT2D eigenvalue weighted by atomic mass is 10.2. The Balaban J connectivity index is 2.84. The second kappa shape index (κ2) is 4.23. The largest absolute Gasteiger partial charge is 0.322 e. The number of hydrogen-bond donors (Lipinski definition) is 2. The fourth-order valence-corrected chi connectivity index (χ4v) is 2.85. The minimum absolute atomic E-state index is 0.0945. The number of sulfonamides is 1. The van der Waals surface area contributed by atoms with Gasteiger partial charge in [-0.05, 0) is 12.1 Å². The first-order chi connectivity index (χ1) is 8.30. The summed E-state index contributed by atoms with van der Waals surface area (Å²) < 4.78 is 49.1. The zero-order valence-electron chi connectivity index (χ0n) is 8.48. The van der Waals surface area contributed by atoms with E-state index in [1.807, 2.05) is 5.10 Å². The predicted molar refractivity (Wildman–Crippen MR) is 59.5 cm³/mol. The maximum absolute atomic E-state index is 13.5. The molecule has 6 nitrogen and oxygen atoms in total. The van der Waals surface area contributed by atoms with Crippen LogP contribution in [0, 0.1) is 11.6 Å². The highest BCUT2D eigenvalue weighted by Gasteiger charge is 2.25. The first kappa shape index (κ1) is 12.8. The third-order valence-electron chi connectivity index (χ3n) is 2.00. The maximum atomic E-state index is 13.5. The van der Waals surface area contributed by atoms with Crippen molar-refractivity contribution in [3.8, 4) is 10.6 Å². The molecule has 96 valence electrons. The molecule has 3 N–H and O–H groups in total. The molecule has 1 aromatic carbocycles. The van der Waals surface area contributed by atoms with Crippen LogP contribution in [0.5, 0.6) is 0 Å². The molecular formula is C8H5F2N3O3S2. The van der Waals surface area contributed by atoms with Crippen LogP contribution >= 0.6 is 11.3 Å². The Labute approximate surface area is 103 Å². The lowest BCUT2D eigenvalue weighted by molar-refractivity contribution is 0.486. The number of H-pyrrole nitrogens is 1. The Morgan fingerprint density at radius 3 is 2.50 bits per heavy atom. The molecule has 0 saturated carbocycles. The Morgan fingerprint density at radius 1 is 1.33 bits per heavy atom. The van der Waals surface area contributed by atoms with Gasteiger partial charge in [0.2, 0.25) is 10.0 Å². The van der Waals surface area contributed by atoms with E-state index in [9.17, 15) is 22.0 Å². The van der Waals surface area contributed by atoms with Crippen LogP contribution in [0.2, 0.25) is 0 Å². The first-order valence-corrected chi connectivity index (χ1v) is 6.73. The molecular weight excluding hydrogens is 288 g/mol. The fourth-order valence-electron chi connectivity index (χ4n) is 1.32.